The molecule has 0 heterocycles. The van der Waals surface area contributed by atoms with Crippen molar-refractivity contribution < 1.29 is 4.21 Å². The molecule has 56 valence electrons. The fourth-order valence-electron chi connectivity index (χ4n) is 0.658. The van der Waals surface area contributed by atoms with E-state index in [1.54, 1.807) is 12.1 Å². The SMILES string of the molecule is O=[S+]/N=C\c1ccccc1Cl. The van der Waals surface area contributed by atoms with E-state index < -0.39 is 0 Å². The van der Waals surface area contributed by atoms with Crippen LogP contribution in [0.1, 0.15) is 5.56 Å². The number of halogens is 1. The van der Waals surface area contributed by atoms with Crippen LogP contribution in [0.4, 0.5) is 0 Å². The first kappa shape index (κ1) is 8.30. The van der Waals surface area contributed by atoms with Crippen molar-refractivity contribution in [2.45, 2.75) is 0 Å². The van der Waals surface area contributed by atoms with Gasteiger partial charge in [-0.15, -0.1) is 0 Å². The van der Waals surface area contributed by atoms with E-state index in [9.17, 15) is 4.21 Å². The molecule has 0 saturated heterocycles. The highest BCUT2D eigenvalue weighted by Crippen LogP contribution is 2.11. The average Bonchev–Trinajstić information content (AvgIpc) is 2.03. The van der Waals surface area contributed by atoms with Crippen LogP contribution in [0, 0.1) is 0 Å². The van der Waals surface area contributed by atoms with E-state index in [2.05, 4.69) is 4.40 Å². The van der Waals surface area contributed by atoms with Crippen LogP contribution in [0.15, 0.2) is 28.7 Å². The first-order chi connectivity index (χ1) is 5.34. The normalized spacial score (nSPS) is 10.3. The van der Waals surface area contributed by atoms with E-state index in [-0.39, 0.29) is 11.9 Å². The Morgan fingerprint density at radius 3 is 2.82 bits per heavy atom. The molecule has 2 nitrogen and oxygen atoms in total. The van der Waals surface area contributed by atoms with Crippen LogP contribution < -0.4 is 0 Å². The van der Waals surface area contributed by atoms with Gasteiger partial charge < -0.3 is 0 Å². The van der Waals surface area contributed by atoms with Gasteiger partial charge in [-0.25, -0.2) is 0 Å². The van der Waals surface area contributed by atoms with Gasteiger partial charge in [-0.2, -0.15) is 0 Å². The van der Waals surface area contributed by atoms with Gasteiger partial charge in [0.2, 0.25) is 0 Å². The molecule has 4 heteroatoms. The van der Waals surface area contributed by atoms with Gasteiger partial charge in [0, 0.05) is 10.6 Å². The molecular weight excluding hydrogens is 182 g/mol. The predicted molar refractivity (Wildman–Crippen MR) is 47.1 cm³/mol. The first-order valence-electron chi connectivity index (χ1n) is 2.91. The standard InChI is InChI=1S/C7H5ClNOS/c8-7-4-2-1-3-6(7)5-9-11-10/h1-5H/q+1/b9-5-. The summed E-state index contributed by atoms with van der Waals surface area (Å²) in [6.45, 7) is 0. The average molecular weight is 187 g/mol. The van der Waals surface area contributed by atoms with E-state index in [0.29, 0.717) is 5.02 Å². The molecule has 0 aliphatic carbocycles. The van der Waals surface area contributed by atoms with Crippen molar-refractivity contribution in [3.8, 4) is 0 Å². The molecule has 0 radical (unpaired) electrons. The quantitative estimate of drug-likeness (QED) is 0.395. The van der Waals surface area contributed by atoms with Crippen LogP contribution in [-0.4, -0.2) is 6.21 Å². The summed E-state index contributed by atoms with van der Waals surface area (Å²) in [5.74, 6) is 0. The van der Waals surface area contributed by atoms with Crippen LogP contribution in [0.2, 0.25) is 5.02 Å². The Balaban J connectivity index is 2.94. The minimum atomic E-state index is 0.166. The Kier molecular flexibility index (Phi) is 3.14. The fraction of sp³-hybridized carbons (Fsp3) is 0. The van der Waals surface area contributed by atoms with Crippen molar-refractivity contribution in [1.82, 2.24) is 0 Å². The summed E-state index contributed by atoms with van der Waals surface area (Å²) < 4.78 is 13.3. The van der Waals surface area contributed by atoms with Gasteiger partial charge in [-0.3, -0.25) is 0 Å². The molecule has 0 spiro atoms. The Morgan fingerprint density at radius 1 is 1.45 bits per heavy atom. The van der Waals surface area contributed by atoms with Crippen LogP contribution in [0.25, 0.3) is 0 Å². The maximum atomic E-state index is 9.89. The Morgan fingerprint density at radius 2 is 2.18 bits per heavy atom. The molecule has 0 aromatic heterocycles. The van der Waals surface area contributed by atoms with Crippen molar-refractivity contribution in [3.63, 3.8) is 0 Å². The highest BCUT2D eigenvalue weighted by molar-refractivity contribution is 7.64. The molecule has 0 N–H and O–H groups in total. The summed E-state index contributed by atoms with van der Waals surface area (Å²) in [6.07, 6.45) is 1.44. The second kappa shape index (κ2) is 4.16. The molecule has 0 saturated carbocycles. The van der Waals surface area contributed by atoms with Gasteiger partial charge in [0.1, 0.15) is 6.21 Å². The lowest BCUT2D eigenvalue weighted by molar-refractivity contribution is 0.606. The molecule has 0 aliphatic rings. The van der Waals surface area contributed by atoms with E-state index >= 15 is 0 Å². The van der Waals surface area contributed by atoms with Gasteiger partial charge in [-0.05, 0) is 6.07 Å². The van der Waals surface area contributed by atoms with E-state index in [0.717, 1.165) is 5.56 Å². The zero-order valence-corrected chi connectivity index (χ0v) is 7.10. The summed E-state index contributed by atoms with van der Waals surface area (Å²) in [5.41, 5.74) is 0.762. The molecule has 0 amide bonds. The Hall–Kier alpha value is -0.800. The van der Waals surface area contributed by atoms with Crippen molar-refractivity contribution in [1.29, 1.82) is 0 Å². The van der Waals surface area contributed by atoms with Crippen molar-refractivity contribution >= 4 is 29.7 Å². The first-order valence-corrected chi connectivity index (χ1v) is 3.99. The third-order valence-electron chi connectivity index (χ3n) is 1.14. The second-order valence-electron chi connectivity index (χ2n) is 1.83. The third-order valence-corrected chi connectivity index (χ3v) is 1.68. The van der Waals surface area contributed by atoms with Crippen molar-refractivity contribution in [2.24, 2.45) is 4.40 Å². The summed E-state index contributed by atoms with van der Waals surface area (Å²) in [4.78, 5) is 0. The summed E-state index contributed by atoms with van der Waals surface area (Å²) >= 11 is 5.92. The number of nitrogens with zero attached hydrogens (tertiary/aromatic N) is 1. The molecule has 11 heavy (non-hydrogen) atoms. The highest BCUT2D eigenvalue weighted by atomic mass is 35.5. The van der Waals surface area contributed by atoms with E-state index in [1.165, 1.54) is 6.21 Å². The van der Waals surface area contributed by atoms with Gasteiger partial charge in [0.05, 0.1) is 8.61 Å². The molecular formula is C7H5ClNOS+. The number of benzene rings is 1. The Labute approximate surface area is 73.5 Å². The summed E-state index contributed by atoms with van der Waals surface area (Å²) in [5, 5.41) is 0.602. The smallest absolute Gasteiger partial charge is 0.0836 e. The van der Waals surface area contributed by atoms with Crippen LogP contribution in [-0.2, 0) is 16.1 Å². The zero-order chi connectivity index (χ0) is 8.10. The predicted octanol–water partition coefficient (Wildman–Crippen LogP) is 2.10. The van der Waals surface area contributed by atoms with Gasteiger partial charge >= 0.3 is 11.9 Å². The minimum absolute atomic E-state index is 0.166. The van der Waals surface area contributed by atoms with Crippen LogP contribution in [0.3, 0.4) is 0 Å². The van der Waals surface area contributed by atoms with Gasteiger partial charge in [0.15, 0.2) is 0 Å². The van der Waals surface area contributed by atoms with Crippen molar-refractivity contribution in [3.05, 3.63) is 34.9 Å². The lowest BCUT2D eigenvalue weighted by Crippen LogP contribution is -1.80. The molecule has 0 unspecified atom stereocenters. The number of rotatable bonds is 2. The highest BCUT2D eigenvalue weighted by Gasteiger charge is 1.96. The van der Waals surface area contributed by atoms with E-state index in [4.69, 9.17) is 11.6 Å². The maximum Gasteiger partial charge on any atom is 0.652 e. The zero-order valence-electron chi connectivity index (χ0n) is 5.53. The monoisotopic (exact) mass is 186 g/mol. The number of hydrogen-bond donors (Lipinski definition) is 0. The van der Waals surface area contributed by atoms with Crippen molar-refractivity contribution in [2.75, 3.05) is 0 Å². The fourth-order valence-corrected chi connectivity index (χ4v) is 0.999. The van der Waals surface area contributed by atoms with Crippen LogP contribution in [0.5, 0.6) is 0 Å². The molecule has 0 aliphatic heterocycles. The minimum Gasteiger partial charge on any atom is -0.0836 e. The summed E-state index contributed by atoms with van der Waals surface area (Å²) in [7, 11) is 0. The topological polar surface area (TPSA) is 29.4 Å². The molecule has 0 fully saturated rings. The second-order valence-corrected chi connectivity index (χ2v) is 2.60. The van der Waals surface area contributed by atoms with E-state index in [1.807, 2.05) is 12.1 Å². The van der Waals surface area contributed by atoms with Gasteiger partial charge in [-0.1, -0.05) is 29.8 Å². The molecule has 1 rings (SSSR count). The molecule has 0 atom stereocenters. The Bertz CT molecular complexity index is 288. The third kappa shape index (κ3) is 2.37. The van der Waals surface area contributed by atoms with Gasteiger partial charge in [0.25, 0.3) is 0 Å². The largest absolute Gasteiger partial charge is 0.652 e. The lowest BCUT2D eigenvalue weighted by Gasteiger charge is -1.91. The lowest BCUT2D eigenvalue weighted by atomic mass is 10.2. The maximum absolute atomic E-state index is 9.89. The molecule has 1 aromatic rings. The molecule has 0 bridgehead atoms. The number of hydrogen-bond acceptors (Lipinski definition) is 1. The summed E-state index contributed by atoms with van der Waals surface area (Å²) in [6, 6.07) is 7.20. The molecule has 1 aromatic carbocycles. The van der Waals surface area contributed by atoms with Crippen LogP contribution >= 0.6 is 11.6 Å².